The Balaban J connectivity index is 2.56. The van der Waals surface area contributed by atoms with E-state index >= 15 is 0 Å². The summed E-state index contributed by atoms with van der Waals surface area (Å²) in [4.78, 5) is 0. The monoisotopic (exact) mass is 199 g/mol. The van der Waals surface area contributed by atoms with E-state index in [9.17, 15) is 0 Å². The lowest BCUT2D eigenvalue weighted by atomic mass is 10.1. The first kappa shape index (κ1) is 10.6. The van der Waals surface area contributed by atoms with Crippen LogP contribution in [0.5, 0.6) is 0 Å². The van der Waals surface area contributed by atoms with Gasteiger partial charge in [-0.05, 0) is 13.5 Å². The summed E-state index contributed by atoms with van der Waals surface area (Å²) in [6, 6.07) is 0. The van der Waals surface area contributed by atoms with Crippen molar-refractivity contribution in [1.82, 2.24) is 15.5 Å². The summed E-state index contributed by atoms with van der Waals surface area (Å²) >= 11 is 1.72. The van der Waals surface area contributed by atoms with Crippen molar-refractivity contribution in [2.24, 2.45) is 0 Å². The van der Waals surface area contributed by atoms with Crippen LogP contribution in [0.1, 0.15) is 42.6 Å². The minimum Gasteiger partial charge on any atom is -0.313 e. The molecule has 0 aromatic carbocycles. The number of hydrogen-bond donors (Lipinski definition) is 1. The summed E-state index contributed by atoms with van der Waals surface area (Å²) in [5.41, 5.74) is 0. The summed E-state index contributed by atoms with van der Waals surface area (Å²) in [6.45, 7) is 5.25. The zero-order valence-electron chi connectivity index (χ0n) is 8.50. The molecule has 1 atom stereocenters. The van der Waals surface area contributed by atoms with Crippen LogP contribution in [0.4, 0.5) is 0 Å². The molecule has 0 radical (unpaired) electrons. The summed E-state index contributed by atoms with van der Waals surface area (Å²) in [5.74, 6) is 0.563. The lowest BCUT2D eigenvalue weighted by molar-refractivity contribution is 0.652. The van der Waals surface area contributed by atoms with Gasteiger partial charge in [-0.25, -0.2) is 0 Å². The molecule has 0 aliphatic rings. The summed E-state index contributed by atoms with van der Waals surface area (Å²) in [5, 5.41) is 13.6. The second kappa shape index (κ2) is 5.29. The Labute approximate surface area is 83.6 Å². The van der Waals surface area contributed by atoms with Gasteiger partial charge in [0.05, 0.1) is 0 Å². The number of hydrogen-bond acceptors (Lipinski definition) is 4. The minimum atomic E-state index is 0.563. The Morgan fingerprint density at radius 3 is 2.85 bits per heavy atom. The Morgan fingerprint density at radius 2 is 2.23 bits per heavy atom. The maximum absolute atomic E-state index is 4.18. The quantitative estimate of drug-likeness (QED) is 0.789. The van der Waals surface area contributed by atoms with E-state index in [1.165, 1.54) is 17.8 Å². The summed E-state index contributed by atoms with van der Waals surface area (Å²) in [6.07, 6.45) is 2.41. The minimum absolute atomic E-state index is 0.563. The molecule has 13 heavy (non-hydrogen) atoms. The maximum Gasteiger partial charge on any atom is 0.131 e. The molecular formula is C9H17N3S. The van der Waals surface area contributed by atoms with E-state index in [4.69, 9.17) is 0 Å². The van der Waals surface area contributed by atoms with Crippen LogP contribution in [-0.4, -0.2) is 17.2 Å². The molecule has 1 N–H and O–H groups in total. The van der Waals surface area contributed by atoms with Crippen LogP contribution in [0.15, 0.2) is 0 Å². The highest BCUT2D eigenvalue weighted by molar-refractivity contribution is 7.11. The van der Waals surface area contributed by atoms with Gasteiger partial charge in [0.1, 0.15) is 10.0 Å². The molecule has 1 heterocycles. The first-order valence-corrected chi connectivity index (χ1v) is 5.56. The molecule has 4 heteroatoms. The van der Waals surface area contributed by atoms with Crippen LogP contribution in [-0.2, 0) is 6.54 Å². The van der Waals surface area contributed by atoms with E-state index in [0.29, 0.717) is 5.92 Å². The van der Waals surface area contributed by atoms with Crippen molar-refractivity contribution >= 4 is 11.3 Å². The Morgan fingerprint density at radius 1 is 1.46 bits per heavy atom. The average Bonchev–Trinajstić information content (AvgIpc) is 2.54. The molecule has 74 valence electrons. The topological polar surface area (TPSA) is 37.8 Å². The van der Waals surface area contributed by atoms with Gasteiger partial charge in [-0.3, -0.25) is 0 Å². The summed E-state index contributed by atoms with van der Waals surface area (Å²) < 4.78 is 0. The van der Waals surface area contributed by atoms with E-state index in [-0.39, 0.29) is 0 Å². The molecule has 0 spiro atoms. The normalized spacial score (nSPS) is 13.2. The molecule has 0 fully saturated rings. The molecular weight excluding hydrogens is 182 g/mol. The van der Waals surface area contributed by atoms with Gasteiger partial charge in [0.15, 0.2) is 0 Å². The van der Waals surface area contributed by atoms with E-state index in [2.05, 4.69) is 29.4 Å². The molecule has 0 saturated carbocycles. The number of nitrogens with zero attached hydrogens (tertiary/aromatic N) is 2. The molecule has 1 unspecified atom stereocenters. The van der Waals surface area contributed by atoms with Crippen molar-refractivity contribution in [3.63, 3.8) is 0 Å². The van der Waals surface area contributed by atoms with Crippen molar-refractivity contribution in [1.29, 1.82) is 0 Å². The fourth-order valence-corrected chi connectivity index (χ4v) is 2.19. The SMILES string of the molecule is CCCC(C)c1nnc(CNC)s1. The summed E-state index contributed by atoms with van der Waals surface area (Å²) in [7, 11) is 1.93. The lowest BCUT2D eigenvalue weighted by Crippen LogP contribution is -2.04. The highest BCUT2D eigenvalue weighted by Gasteiger charge is 2.10. The molecule has 0 amide bonds. The first-order chi connectivity index (χ1) is 6.27. The van der Waals surface area contributed by atoms with E-state index in [1.54, 1.807) is 11.3 Å². The van der Waals surface area contributed by atoms with Crippen LogP contribution in [0, 0.1) is 0 Å². The van der Waals surface area contributed by atoms with E-state index in [0.717, 1.165) is 11.6 Å². The molecule has 1 aromatic heterocycles. The maximum atomic E-state index is 4.18. The van der Waals surface area contributed by atoms with Gasteiger partial charge in [-0.15, -0.1) is 10.2 Å². The predicted molar refractivity (Wildman–Crippen MR) is 56.0 cm³/mol. The molecule has 0 aliphatic heterocycles. The number of aromatic nitrogens is 2. The van der Waals surface area contributed by atoms with Crippen LogP contribution in [0.2, 0.25) is 0 Å². The number of rotatable bonds is 5. The highest BCUT2D eigenvalue weighted by Crippen LogP contribution is 2.23. The molecule has 0 bridgehead atoms. The van der Waals surface area contributed by atoms with Crippen molar-refractivity contribution in [2.75, 3.05) is 7.05 Å². The number of nitrogens with one attached hydrogen (secondary N) is 1. The fraction of sp³-hybridized carbons (Fsp3) is 0.778. The van der Waals surface area contributed by atoms with Gasteiger partial charge in [0, 0.05) is 12.5 Å². The van der Waals surface area contributed by atoms with Crippen LogP contribution < -0.4 is 5.32 Å². The third kappa shape index (κ3) is 3.04. The third-order valence-corrected chi connectivity index (χ3v) is 3.11. The van der Waals surface area contributed by atoms with Gasteiger partial charge in [0.2, 0.25) is 0 Å². The standard InChI is InChI=1S/C9H17N3S/c1-4-5-7(2)9-12-11-8(13-9)6-10-3/h7,10H,4-6H2,1-3H3. The smallest absolute Gasteiger partial charge is 0.131 e. The Kier molecular flexibility index (Phi) is 4.32. The van der Waals surface area contributed by atoms with Crippen LogP contribution in [0.25, 0.3) is 0 Å². The van der Waals surface area contributed by atoms with Gasteiger partial charge in [0.25, 0.3) is 0 Å². The molecule has 1 aromatic rings. The Hall–Kier alpha value is -0.480. The van der Waals surface area contributed by atoms with Crippen molar-refractivity contribution < 1.29 is 0 Å². The van der Waals surface area contributed by atoms with Gasteiger partial charge >= 0.3 is 0 Å². The van der Waals surface area contributed by atoms with E-state index in [1.807, 2.05) is 7.05 Å². The molecule has 0 aliphatic carbocycles. The molecule has 3 nitrogen and oxygen atoms in total. The molecule has 1 rings (SSSR count). The van der Waals surface area contributed by atoms with Gasteiger partial charge in [-0.2, -0.15) is 0 Å². The zero-order valence-corrected chi connectivity index (χ0v) is 9.32. The van der Waals surface area contributed by atoms with Crippen molar-refractivity contribution in [3.8, 4) is 0 Å². The van der Waals surface area contributed by atoms with Crippen LogP contribution >= 0.6 is 11.3 Å². The van der Waals surface area contributed by atoms with E-state index < -0.39 is 0 Å². The van der Waals surface area contributed by atoms with Gasteiger partial charge < -0.3 is 5.32 Å². The second-order valence-electron chi connectivity index (χ2n) is 3.25. The third-order valence-electron chi connectivity index (χ3n) is 1.95. The van der Waals surface area contributed by atoms with Crippen molar-refractivity contribution in [2.45, 2.75) is 39.2 Å². The molecule has 0 saturated heterocycles. The largest absolute Gasteiger partial charge is 0.313 e. The average molecular weight is 199 g/mol. The fourth-order valence-electron chi connectivity index (χ4n) is 1.24. The first-order valence-electron chi connectivity index (χ1n) is 4.74. The highest BCUT2D eigenvalue weighted by atomic mass is 32.1. The zero-order chi connectivity index (χ0) is 9.68. The lowest BCUT2D eigenvalue weighted by Gasteiger charge is -2.02. The van der Waals surface area contributed by atoms with Gasteiger partial charge in [-0.1, -0.05) is 31.6 Å². The second-order valence-corrected chi connectivity index (χ2v) is 4.35. The Bertz CT molecular complexity index is 247. The predicted octanol–water partition coefficient (Wildman–Crippen LogP) is 2.16. The van der Waals surface area contributed by atoms with Crippen molar-refractivity contribution in [3.05, 3.63) is 10.0 Å². The van der Waals surface area contributed by atoms with Crippen LogP contribution in [0.3, 0.4) is 0 Å².